The van der Waals surface area contributed by atoms with Crippen LogP contribution >= 0.6 is 15.9 Å². The number of halogens is 1. The van der Waals surface area contributed by atoms with Crippen molar-refractivity contribution in [3.8, 4) is 0 Å². The third kappa shape index (κ3) is 1.70. The fourth-order valence-corrected chi connectivity index (χ4v) is 2.87. The van der Waals surface area contributed by atoms with Crippen molar-refractivity contribution in [3.05, 3.63) is 11.6 Å². The van der Waals surface area contributed by atoms with E-state index in [2.05, 4.69) is 37.6 Å². The molecule has 2 fully saturated rings. The molecule has 0 radical (unpaired) electrons. The topological polar surface area (TPSA) is 39.9 Å². The van der Waals surface area contributed by atoms with Gasteiger partial charge in [0, 0.05) is 18.6 Å². The summed E-state index contributed by atoms with van der Waals surface area (Å²) < 4.78 is 7.96. The molecule has 2 heterocycles. The molecule has 5 heteroatoms. The van der Waals surface area contributed by atoms with Crippen LogP contribution in [0.3, 0.4) is 0 Å². The van der Waals surface area contributed by atoms with Crippen molar-refractivity contribution in [2.75, 3.05) is 6.61 Å². The summed E-state index contributed by atoms with van der Waals surface area (Å²) in [4.78, 5) is 0. The fourth-order valence-electron chi connectivity index (χ4n) is 2.48. The van der Waals surface area contributed by atoms with Crippen molar-refractivity contribution in [1.29, 1.82) is 0 Å². The second-order valence-electron chi connectivity index (χ2n) is 4.68. The van der Waals surface area contributed by atoms with Crippen molar-refractivity contribution in [2.45, 2.75) is 49.6 Å². The average Bonchev–Trinajstić information content (AvgIpc) is 2.90. The zero-order valence-electron chi connectivity index (χ0n) is 9.40. The Morgan fingerprint density at radius 2 is 2.19 bits per heavy atom. The van der Waals surface area contributed by atoms with Gasteiger partial charge in [-0.25, -0.2) is 0 Å². The standard InChI is InChI=1S/C11H16BrN3O/c1-7-9(4-5-16-7)11-14-13-10(6-12)15(11)8-2-3-8/h7-9H,2-6H2,1H3. The van der Waals surface area contributed by atoms with E-state index in [1.165, 1.54) is 12.8 Å². The van der Waals surface area contributed by atoms with Crippen molar-refractivity contribution < 1.29 is 4.74 Å². The molecule has 16 heavy (non-hydrogen) atoms. The quantitative estimate of drug-likeness (QED) is 0.801. The van der Waals surface area contributed by atoms with E-state index in [-0.39, 0.29) is 6.10 Å². The molecule has 1 saturated heterocycles. The van der Waals surface area contributed by atoms with E-state index < -0.39 is 0 Å². The highest BCUT2D eigenvalue weighted by molar-refractivity contribution is 9.08. The summed E-state index contributed by atoms with van der Waals surface area (Å²) in [6.45, 7) is 2.99. The van der Waals surface area contributed by atoms with Gasteiger partial charge in [0.25, 0.3) is 0 Å². The number of hydrogen-bond acceptors (Lipinski definition) is 3. The number of hydrogen-bond donors (Lipinski definition) is 0. The highest BCUT2D eigenvalue weighted by Crippen LogP contribution is 2.40. The molecule has 0 bridgehead atoms. The molecule has 0 N–H and O–H groups in total. The van der Waals surface area contributed by atoms with Crippen LogP contribution in [0, 0.1) is 0 Å². The Balaban J connectivity index is 1.96. The van der Waals surface area contributed by atoms with Crippen LogP contribution in [0.5, 0.6) is 0 Å². The van der Waals surface area contributed by atoms with E-state index in [0.29, 0.717) is 12.0 Å². The SMILES string of the molecule is CC1OCCC1c1nnc(CBr)n1C1CC1. The van der Waals surface area contributed by atoms with E-state index in [4.69, 9.17) is 4.74 Å². The minimum atomic E-state index is 0.282. The molecule has 88 valence electrons. The summed E-state index contributed by atoms with van der Waals surface area (Å²) in [5, 5.41) is 9.46. The van der Waals surface area contributed by atoms with Gasteiger partial charge in [0.05, 0.1) is 11.4 Å². The summed E-state index contributed by atoms with van der Waals surface area (Å²) in [7, 11) is 0. The van der Waals surface area contributed by atoms with Crippen LogP contribution in [0.4, 0.5) is 0 Å². The predicted molar refractivity (Wildman–Crippen MR) is 63.7 cm³/mol. The van der Waals surface area contributed by atoms with Gasteiger partial charge in [0.1, 0.15) is 11.6 Å². The largest absolute Gasteiger partial charge is 0.378 e. The third-order valence-electron chi connectivity index (χ3n) is 3.53. The summed E-state index contributed by atoms with van der Waals surface area (Å²) in [5.74, 6) is 2.64. The van der Waals surface area contributed by atoms with Crippen molar-refractivity contribution in [1.82, 2.24) is 14.8 Å². The van der Waals surface area contributed by atoms with Gasteiger partial charge in [-0.15, -0.1) is 10.2 Å². The number of rotatable bonds is 3. The van der Waals surface area contributed by atoms with Gasteiger partial charge < -0.3 is 9.30 Å². The van der Waals surface area contributed by atoms with Crippen molar-refractivity contribution in [3.63, 3.8) is 0 Å². The first-order chi connectivity index (χ1) is 7.81. The second-order valence-corrected chi connectivity index (χ2v) is 5.24. The Bertz CT molecular complexity index is 389. The third-order valence-corrected chi connectivity index (χ3v) is 4.03. The smallest absolute Gasteiger partial charge is 0.143 e. The molecular weight excluding hydrogens is 270 g/mol. The number of aromatic nitrogens is 3. The minimum Gasteiger partial charge on any atom is -0.378 e. The van der Waals surface area contributed by atoms with Gasteiger partial charge >= 0.3 is 0 Å². The van der Waals surface area contributed by atoms with Crippen LogP contribution in [0.15, 0.2) is 0 Å². The summed E-state index contributed by atoms with van der Waals surface area (Å²) >= 11 is 3.49. The van der Waals surface area contributed by atoms with E-state index in [9.17, 15) is 0 Å². The monoisotopic (exact) mass is 285 g/mol. The Labute approximate surface area is 104 Å². The van der Waals surface area contributed by atoms with Crippen LogP contribution in [0.25, 0.3) is 0 Å². The second kappa shape index (κ2) is 4.11. The lowest BCUT2D eigenvalue weighted by atomic mass is 10.0. The molecule has 3 rings (SSSR count). The molecule has 0 aromatic carbocycles. The summed E-state index contributed by atoms with van der Waals surface area (Å²) in [6.07, 6.45) is 3.90. The Hall–Kier alpha value is -0.420. The molecule has 2 aliphatic rings. The lowest BCUT2D eigenvalue weighted by molar-refractivity contribution is 0.116. The molecule has 1 aromatic heterocycles. The number of alkyl halides is 1. The lowest BCUT2D eigenvalue weighted by Crippen LogP contribution is -2.15. The van der Waals surface area contributed by atoms with Crippen LogP contribution in [-0.4, -0.2) is 27.5 Å². The van der Waals surface area contributed by atoms with Crippen LogP contribution < -0.4 is 0 Å². The molecule has 0 spiro atoms. The number of nitrogens with zero attached hydrogens (tertiary/aromatic N) is 3. The fraction of sp³-hybridized carbons (Fsp3) is 0.818. The zero-order chi connectivity index (χ0) is 11.1. The Morgan fingerprint density at radius 1 is 1.38 bits per heavy atom. The molecule has 2 atom stereocenters. The van der Waals surface area contributed by atoms with Crippen LogP contribution in [0.2, 0.25) is 0 Å². The summed E-state index contributed by atoms with van der Waals surface area (Å²) in [6, 6.07) is 0.644. The maximum Gasteiger partial charge on any atom is 0.143 e. The maximum atomic E-state index is 5.63. The van der Waals surface area contributed by atoms with Gasteiger partial charge in [-0.05, 0) is 26.2 Å². The van der Waals surface area contributed by atoms with Gasteiger partial charge in [-0.1, -0.05) is 15.9 Å². The van der Waals surface area contributed by atoms with E-state index in [1.807, 2.05) is 0 Å². The van der Waals surface area contributed by atoms with Gasteiger partial charge in [0.15, 0.2) is 0 Å². The van der Waals surface area contributed by atoms with Gasteiger partial charge in [-0.3, -0.25) is 0 Å². The van der Waals surface area contributed by atoms with E-state index in [0.717, 1.165) is 30.0 Å². The minimum absolute atomic E-state index is 0.282. The molecule has 2 unspecified atom stereocenters. The summed E-state index contributed by atoms with van der Waals surface area (Å²) in [5.41, 5.74) is 0. The highest BCUT2D eigenvalue weighted by Gasteiger charge is 2.35. The van der Waals surface area contributed by atoms with Gasteiger partial charge in [0.2, 0.25) is 0 Å². The molecule has 1 saturated carbocycles. The molecule has 0 amide bonds. The van der Waals surface area contributed by atoms with Crippen molar-refractivity contribution in [2.24, 2.45) is 0 Å². The van der Waals surface area contributed by atoms with Crippen LogP contribution in [0.1, 0.15) is 49.8 Å². The lowest BCUT2D eigenvalue weighted by Gasteiger charge is -2.15. The highest BCUT2D eigenvalue weighted by atomic mass is 79.9. The molecule has 1 aromatic rings. The molecular formula is C11H16BrN3O. The molecule has 1 aliphatic heterocycles. The molecule has 4 nitrogen and oxygen atoms in total. The predicted octanol–water partition coefficient (Wildman–Crippen LogP) is 2.40. The maximum absolute atomic E-state index is 5.63. The Kier molecular flexibility index (Phi) is 2.75. The van der Waals surface area contributed by atoms with Gasteiger partial charge in [-0.2, -0.15) is 0 Å². The number of ether oxygens (including phenoxy) is 1. The van der Waals surface area contributed by atoms with E-state index in [1.54, 1.807) is 0 Å². The normalized spacial score (nSPS) is 29.9. The van der Waals surface area contributed by atoms with E-state index >= 15 is 0 Å². The van der Waals surface area contributed by atoms with Crippen molar-refractivity contribution >= 4 is 15.9 Å². The average molecular weight is 286 g/mol. The first-order valence-corrected chi connectivity index (χ1v) is 7.04. The Morgan fingerprint density at radius 3 is 2.75 bits per heavy atom. The first-order valence-electron chi connectivity index (χ1n) is 5.92. The van der Waals surface area contributed by atoms with Crippen LogP contribution in [-0.2, 0) is 10.1 Å². The first kappa shape index (κ1) is 10.7. The zero-order valence-corrected chi connectivity index (χ0v) is 11.0. The molecule has 1 aliphatic carbocycles.